The molecule has 2 heterocycles. The van der Waals surface area contributed by atoms with Crippen molar-refractivity contribution in [2.45, 2.75) is 37.7 Å². The first-order valence-electron chi connectivity index (χ1n) is 6.93. The molecule has 5 nitrogen and oxygen atoms in total. The maximum Gasteiger partial charge on any atom is 0.102 e. The van der Waals surface area contributed by atoms with Crippen LogP contribution in [-0.4, -0.2) is 40.2 Å². The van der Waals surface area contributed by atoms with E-state index in [0.717, 1.165) is 31.6 Å². The number of nitrogen functional groups attached to an aromatic ring is 1. The van der Waals surface area contributed by atoms with Crippen molar-refractivity contribution in [2.24, 2.45) is 0 Å². The van der Waals surface area contributed by atoms with Gasteiger partial charge in [-0.1, -0.05) is 0 Å². The van der Waals surface area contributed by atoms with Crippen LogP contribution in [0.4, 0.5) is 5.69 Å². The van der Waals surface area contributed by atoms with E-state index in [9.17, 15) is 10.4 Å². The SMILES string of the molecule is CC(C)(O)CN1CCC(C#N)(c2ccc(N)cn2)CC1. The van der Waals surface area contributed by atoms with Crippen LogP contribution in [-0.2, 0) is 5.41 Å². The van der Waals surface area contributed by atoms with Crippen molar-refractivity contribution in [3.63, 3.8) is 0 Å². The lowest BCUT2D eigenvalue weighted by Gasteiger charge is -2.39. The van der Waals surface area contributed by atoms with Crippen LogP contribution in [0, 0.1) is 11.3 Å². The number of anilines is 1. The van der Waals surface area contributed by atoms with Gasteiger partial charge in [-0.05, 0) is 38.8 Å². The summed E-state index contributed by atoms with van der Waals surface area (Å²) in [4.78, 5) is 6.53. The Balaban J connectivity index is 2.09. The molecule has 1 aliphatic heterocycles. The van der Waals surface area contributed by atoms with Gasteiger partial charge in [0.25, 0.3) is 0 Å². The third kappa shape index (κ3) is 3.27. The van der Waals surface area contributed by atoms with Crippen molar-refractivity contribution in [3.05, 3.63) is 24.0 Å². The van der Waals surface area contributed by atoms with Gasteiger partial charge in [0.1, 0.15) is 5.41 Å². The molecule has 2 rings (SSSR count). The summed E-state index contributed by atoms with van der Waals surface area (Å²) in [5, 5.41) is 19.5. The van der Waals surface area contributed by atoms with Crippen molar-refractivity contribution in [3.8, 4) is 6.07 Å². The number of nitrogens with two attached hydrogens (primary N) is 1. The molecule has 0 radical (unpaired) electrons. The minimum Gasteiger partial charge on any atom is -0.397 e. The Labute approximate surface area is 120 Å². The number of β-amino-alcohol motifs (C(OH)–C–C–N with tert-alkyl or cyclic N) is 1. The number of pyridine rings is 1. The summed E-state index contributed by atoms with van der Waals surface area (Å²) in [6, 6.07) is 6.09. The molecule has 20 heavy (non-hydrogen) atoms. The van der Waals surface area contributed by atoms with E-state index in [1.54, 1.807) is 26.1 Å². The molecular formula is C15H22N4O. The standard InChI is InChI=1S/C15H22N4O/c1-14(2,20)11-19-7-5-15(10-16,6-8-19)13-4-3-12(17)9-18-13/h3-4,9,20H,5-8,11,17H2,1-2H3. The highest BCUT2D eigenvalue weighted by Crippen LogP contribution is 2.34. The summed E-state index contributed by atoms with van der Waals surface area (Å²) in [7, 11) is 0. The smallest absolute Gasteiger partial charge is 0.102 e. The van der Waals surface area contributed by atoms with E-state index < -0.39 is 11.0 Å². The summed E-state index contributed by atoms with van der Waals surface area (Å²) in [5.41, 5.74) is 5.84. The maximum atomic E-state index is 9.87. The van der Waals surface area contributed by atoms with E-state index in [-0.39, 0.29) is 0 Å². The largest absolute Gasteiger partial charge is 0.397 e. The lowest BCUT2D eigenvalue weighted by molar-refractivity contribution is 0.0244. The van der Waals surface area contributed by atoms with Crippen molar-refractivity contribution in [1.29, 1.82) is 5.26 Å². The monoisotopic (exact) mass is 274 g/mol. The summed E-state index contributed by atoms with van der Waals surface area (Å²) in [5.74, 6) is 0. The Morgan fingerprint density at radius 1 is 1.45 bits per heavy atom. The molecule has 0 atom stereocenters. The maximum absolute atomic E-state index is 9.87. The van der Waals surface area contributed by atoms with Gasteiger partial charge >= 0.3 is 0 Å². The molecule has 0 saturated carbocycles. The quantitative estimate of drug-likeness (QED) is 0.867. The molecule has 108 valence electrons. The number of piperidine rings is 1. The number of rotatable bonds is 3. The molecular weight excluding hydrogens is 252 g/mol. The summed E-state index contributed by atoms with van der Waals surface area (Å²) in [6.45, 7) is 5.83. The van der Waals surface area contributed by atoms with Crippen LogP contribution >= 0.6 is 0 Å². The molecule has 3 N–H and O–H groups in total. The highest BCUT2D eigenvalue weighted by Gasteiger charge is 2.38. The Bertz CT molecular complexity index is 490. The molecule has 1 aromatic rings. The minimum atomic E-state index is -0.702. The molecule has 0 unspecified atom stereocenters. The summed E-state index contributed by atoms with van der Waals surface area (Å²) < 4.78 is 0. The Morgan fingerprint density at radius 3 is 2.55 bits per heavy atom. The fraction of sp³-hybridized carbons (Fsp3) is 0.600. The average Bonchev–Trinajstić information content (AvgIpc) is 2.39. The number of hydrogen-bond acceptors (Lipinski definition) is 5. The van der Waals surface area contributed by atoms with E-state index in [0.29, 0.717) is 12.2 Å². The van der Waals surface area contributed by atoms with Gasteiger partial charge in [-0.15, -0.1) is 0 Å². The van der Waals surface area contributed by atoms with E-state index >= 15 is 0 Å². The summed E-state index contributed by atoms with van der Waals surface area (Å²) >= 11 is 0. The van der Waals surface area contributed by atoms with Crippen molar-refractivity contribution in [1.82, 2.24) is 9.88 Å². The van der Waals surface area contributed by atoms with Crippen LogP contribution < -0.4 is 5.73 Å². The second-order valence-electron chi connectivity index (χ2n) is 6.26. The average molecular weight is 274 g/mol. The lowest BCUT2D eigenvalue weighted by atomic mass is 9.76. The first kappa shape index (κ1) is 14.8. The number of likely N-dealkylation sites (tertiary alicyclic amines) is 1. The number of aromatic nitrogens is 1. The van der Waals surface area contributed by atoms with Crippen LogP contribution in [0.25, 0.3) is 0 Å². The minimum absolute atomic E-state index is 0.524. The molecule has 0 aliphatic carbocycles. The fourth-order valence-corrected chi connectivity index (χ4v) is 2.75. The number of nitriles is 1. The highest BCUT2D eigenvalue weighted by molar-refractivity contribution is 5.38. The fourth-order valence-electron chi connectivity index (χ4n) is 2.75. The molecule has 5 heteroatoms. The normalized spacial score (nSPS) is 19.5. The zero-order valence-electron chi connectivity index (χ0n) is 12.1. The molecule has 1 fully saturated rings. The zero-order valence-corrected chi connectivity index (χ0v) is 12.1. The predicted octanol–water partition coefficient (Wildman–Crippen LogP) is 1.29. The van der Waals surface area contributed by atoms with Crippen molar-refractivity contribution >= 4 is 5.69 Å². The van der Waals surface area contributed by atoms with Gasteiger partial charge in [0.2, 0.25) is 0 Å². The first-order valence-corrected chi connectivity index (χ1v) is 6.93. The van der Waals surface area contributed by atoms with Crippen molar-refractivity contribution < 1.29 is 5.11 Å². The number of nitrogens with zero attached hydrogens (tertiary/aromatic N) is 3. The zero-order chi connectivity index (χ0) is 14.8. The van der Waals surface area contributed by atoms with Gasteiger partial charge in [-0.25, -0.2) is 0 Å². The van der Waals surface area contributed by atoms with Crippen LogP contribution in [0.2, 0.25) is 0 Å². The van der Waals surface area contributed by atoms with Crippen LogP contribution in [0.1, 0.15) is 32.4 Å². The highest BCUT2D eigenvalue weighted by atomic mass is 16.3. The molecule has 1 aliphatic rings. The van der Waals surface area contributed by atoms with Gasteiger partial charge < -0.3 is 15.7 Å². The summed E-state index contributed by atoms with van der Waals surface area (Å²) in [6.07, 6.45) is 3.07. The third-order valence-corrected chi connectivity index (χ3v) is 3.81. The second kappa shape index (κ2) is 5.39. The second-order valence-corrected chi connectivity index (χ2v) is 6.26. The number of aliphatic hydroxyl groups is 1. The molecule has 0 amide bonds. The Kier molecular flexibility index (Phi) is 3.98. The van der Waals surface area contributed by atoms with Gasteiger partial charge in [0.05, 0.1) is 29.2 Å². The van der Waals surface area contributed by atoms with Crippen LogP contribution in [0.15, 0.2) is 18.3 Å². The molecule has 0 bridgehead atoms. The van der Waals surface area contributed by atoms with E-state index in [1.807, 2.05) is 6.07 Å². The number of hydrogen-bond donors (Lipinski definition) is 2. The molecule has 0 aromatic carbocycles. The Hall–Kier alpha value is -1.64. The topological polar surface area (TPSA) is 86.2 Å². The van der Waals surface area contributed by atoms with Gasteiger partial charge in [-0.3, -0.25) is 4.98 Å². The van der Waals surface area contributed by atoms with E-state index in [4.69, 9.17) is 5.73 Å². The van der Waals surface area contributed by atoms with Crippen molar-refractivity contribution in [2.75, 3.05) is 25.4 Å². The lowest BCUT2D eigenvalue weighted by Crippen LogP contribution is -2.47. The first-order chi connectivity index (χ1) is 9.35. The van der Waals surface area contributed by atoms with E-state index in [1.165, 1.54) is 0 Å². The van der Waals surface area contributed by atoms with Gasteiger partial charge in [0.15, 0.2) is 0 Å². The molecule has 1 aromatic heterocycles. The predicted molar refractivity (Wildman–Crippen MR) is 77.9 cm³/mol. The molecule has 1 saturated heterocycles. The Morgan fingerprint density at radius 2 is 2.10 bits per heavy atom. The molecule has 0 spiro atoms. The van der Waals surface area contributed by atoms with Crippen LogP contribution in [0.5, 0.6) is 0 Å². The van der Waals surface area contributed by atoms with Gasteiger partial charge in [0, 0.05) is 19.6 Å². The third-order valence-electron chi connectivity index (χ3n) is 3.81. The van der Waals surface area contributed by atoms with Gasteiger partial charge in [-0.2, -0.15) is 5.26 Å². The van der Waals surface area contributed by atoms with Crippen LogP contribution in [0.3, 0.4) is 0 Å². The van der Waals surface area contributed by atoms with E-state index in [2.05, 4.69) is 16.0 Å².